The predicted octanol–water partition coefficient (Wildman–Crippen LogP) is 3.43. The highest BCUT2D eigenvalue weighted by Gasteiger charge is 2.27. The zero-order valence-electron chi connectivity index (χ0n) is 11.0. The van der Waals surface area contributed by atoms with Gasteiger partial charge in [0.05, 0.1) is 16.3 Å². The zero-order chi connectivity index (χ0) is 15.0. The number of halogens is 1. The van der Waals surface area contributed by atoms with Crippen LogP contribution in [0, 0.1) is 0 Å². The predicted molar refractivity (Wildman–Crippen MR) is 79.1 cm³/mol. The SMILES string of the molecule is O=C(O)c1cccc(Cl)c1NC(=O)c1cccn1C1CC1. The molecule has 0 atom stereocenters. The number of hydrogen-bond acceptors (Lipinski definition) is 2. The molecule has 2 aromatic rings. The van der Waals surface area contributed by atoms with E-state index in [9.17, 15) is 14.7 Å². The second-order valence-corrected chi connectivity index (χ2v) is 5.36. The number of amides is 1. The number of aromatic nitrogens is 1. The molecule has 5 nitrogen and oxygen atoms in total. The number of carboxylic acids is 1. The number of para-hydroxylation sites is 1. The fourth-order valence-electron chi connectivity index (χ4n) is 2.26. The van der Waals surface area contributed by atoms with Crippen molar-refractivity contribution in [1.82, 2.24) is 4.57 Å². The average molecular weight is 305 g/mol. The van der Waals surface area contributed by atoms with Crippen molar-refractivity contribution in [3.8, 4) is 0 Å². The number of nitrogens with zero attached hydrogens (tertiary/aromatic N) is 1. The molecule has 6 heteroatoms. The van der Waals surface area contributed by atoms with Crippen molar-refractivity contribution < 1.29 is 14.7 Å². The molecule has 1 saturated carbocycles. The largest absolute Gasteiger partial charge is 0.478 e. The van der Waals surface area contributed by atoms with Crippen LogP contribution < -0.4 is 5.32 Å². The van der Waals surface area contributed by atoms with E-state index in [1.165, 1.54) is 12.1 Å². The highest BCUT2D eigenvalue weighted by molar-refractivity contribution is 6.34. The van der Waals surface area contributed by atoms with Crippen molar-refractivity contribution in [3.63, 3.8) is 0 Å². The van der Waals surface area contributed by atoms with Gasteiger partial charge in [0.15, 0.2) is 0 Å². The maximum Gasteiger partial charge on any atom is 0.337 e. The lowest BCUT2D eigenvalue weighted by molar-refractivity contribution is 0.0698. The quantitative estimate of drug-likeness (QED) is 0.909. The van der Waals surface area contributed by atoms with E-state index < -0.39 is 5.97 Å². The molecule has 1 fully saturated rings. The Morgan fingerprint density at radius 2 is 2.00 bits per heavy atom. The smallest absolute Gasteiger partial charge is 0.337 e. The van der Waals surface area contributed by atoms with E-state index in [0.29, 0.717) is 11.7 Å². The van der Waals surface area contributed by atoms with Crippen LogP contribution in [0.15, 0.2) is 36.5 Å². The third-order valence-electron chi connectivity index (χ3n) is 3.43. The number of aromatic carboxylic acids is 1. The summed E-state index contributed by atoms with van der Waals surface area (Å²) in [5.74, 6) is -1.49. The first-order chi connectivity index (χ1) is 10.1. The Kier molecular flexibility index (Phi) is 3.43. The minimum atomic E-state index is -1.13. The maximum atomic E-state index is 12.4. The number of rotatable bonds is 4. The van der Waals surface area contributed by atoms with Crippen molar-refractivity contribution in [2.45, 2.75) is 18.9 Å². The highest BCUT2D eigenvalue weighted by Crippen LogP contribution is 2.36. The molecular weight excluding hydrogens is 292 g/mol. The lowest BCUT2D eigenvalue weighted by Crippen LogP contribution is -2.18. The Morgan fingerprint density at radius 3 is 2.67 bits per heavy atom. The first kappa shape index (κ1) is 13.7. The number of benzene rings is 1. The van der Waals surface area contributed by atoms with Crippen LogP contribution in [-0.4, -0.2) is 21.6 Å². The Bertz CT molecular complexity index is 719. The summed E-state index contributed by atoms with van der Waals surface area (Å²) in [7, 11) is 0. The Labute approximate surface area is 126 Å². The molecule has 1 aromatic heterocycles. The molecule has 3 rings (SSSR count). The minimum absolute atomic E-state index is 0.0274. The molecule has 0 saturated heterocycles. The Balaban J connectivity index is 1.91. The van der Waals surface area contributed by atoms with Gasteiger partial charge in [-0.2, -0.15) is 0 Å². The van der Waals surface area contributed by atoms with Crippen molar-refractivity contribution in [2.75, 3.05) is 5.32 Å². The highest BCUT2D eigenvalue weighted by atomic mass is 35.5. The van der Waals surface area contributed by atoms with Crippen molar-refractivity contribution >= 4 is 29.2 Å². The van der Waals surface area contributed by atoms with Crippen LogP contribution in [0.1, 0.15) is 39.7 Å². The lowest BCUT2D eigenvalue weighted by Gasteiger charge is -2.12. The number of carboxylic acid groups (broad SMARTS) is 1. The molecule has 1 heterocycles. The van der Waals surface area contributed by atoms with Gasteiger partial charge in [-0.15, -0.1) is 0 Å². The number of carbonyl (C=O) groups is 2. The molecular formula is C15H13ClN2O3. The van der Waals surface area contributed by atoms with Crippen LogP contribution >= 0.6 is 11.6 Å². The van der Waals surface area contributed by atoms with Crippen LogP contribution in [-0.2, 0) is 0 Å². The van der Waals surface area contributed by atoms with Crippen LogP contribution in [0.2, 0.25) is 5.02 Å². The van der Waals surface area contributed by atoms with E-state index in [2.05, 4.69) is 5.32 Å². The summed E-state index contributed by atoms with van der Waals surface area (Å²) < 4.78 is 1.91. The van der Waals surface area contributed by atoms with E-state index in [-0.39, 0.29) is 22.2 Å². The molecule has 0 aliphatic heterocycles. The van der Waals surface area contributed by atoms with Crippen LogP contribution in [0.5, 0.6) is 0 Å². The van der Waals surface area contributed by atoms with Gasteiger partial charge >= 0.3 is 5.97 Å². The van der Waals surface area contributed by atoms with Crippen molar-refractivity contribution in [3.05, 3.63) is 52.8 Å². The number of nitrogens with one attached hydrogen (secondary N) is 1. The van der Waals surface area contributed by atoms with Gasteiger partial charge in [0.2, 0.25) is 0 Å². The van der Waals surface area contributed by atoms with Gasteiger partial charge in [-0.25, -0.2) is 4.79 Å². The van der Waals surface area contributed by atoms with E-state index in [1.807, 2.05) is 10.8 Å². The lowest BCUT2D eigenvalue weighted by atomic mass is 10.1. The second-order valence-electron chi connectivity index (χ2n) is 4.95. The topological polar surface area (TPSA) is 71.3 Å². The summed E-state index contributed by atoms with van der Waals surface area (Å²) in [4.78, 5) is 23.6. The molecule has 1 aliphatic rings. The van der Waals surface area contributed by atoms with E-state index in [0.717, 1.165) is 12.8 Å². The monoisotopic (exact) mass is 304 g/mol. The van der Waals surface area contributed by atoms with Crippen molar-refractivity contribution in [2.24, 2.45) is 0 Å². The normalized spacial score (nSPS) is 14.0. The van der Waals surface area contributed by atoms with Gasteiger partial charge in [0.25, 0.3) is 5.91 Å². The van der Waals surface area contributed by atoms with Gasteiger partial charge in [-0.3, -0.25) is 4.79 Å². The summed E-state index contributed by atoms with van der Waals surface area (Å²) in [5.41, 5.74) is 0.606. The molecule has 0 radical (unpaired) electrons. The third kappa shape index (κ3) is 2.64. The van der Waals surface area contributed by atoms with Crippen LogP contribution in [0.3, 0.4) is 0 Å². The van der Waals surface area contributed by atoms with Gasteiger partial charge in [-0.1, -0.05) is 17.7 Å². The number of anilines is 1. The molecule has 1 aliphatic carbocycles. The summed E-state index contributed by atoms with van der Waals surface area (Å²) >= 11 is 6.01. The molecule has 2 N–H and O–H groups in total. The van der Waals surface area contributed by atoms with Gasteiger partial charge in [0.1, 0.15) is 5.69 Å². The fourth-order valence-corrected chi connectivity index (χ4v) is 2.49. The fraction of sp³-hybridized carbons (Fsp3) is 0.200. The molecule has 0 spiro atoms. The van der Waals surface area contributed by atoms with Gasteiger partial charge in [0, 0.05) is 12.2 Å². The first-order valence-corrected chi connectivity index (χ1v) is 6.95. The first-order valence-electron chi connectivity index (χ1n) is 6.58. The van der Waals surface area contributed by atoms with Crippen molar-refractivity contribution in [1.29, 1.82) is 0 Å². The second kappa shape index (κ2) is 5.26. The van der Waals surface area contributed by atoms with Crippen LogP contribution in [0.25, 0.3) is 0 Å². The summed E-state index contributed by atoms with van der Waals surface area (Å²) in [5, 5.41) is 12.0. The third-order valence-corrected chi connectivity index (χ3v) is 3.75. The molecule has 108 valence electrons. The maximum absolute atomic E-state index is 12.4. The van der Waals surface area contributed by atoms with Gasteiger partial charge in [-0.05, 0) is 37.1 Å². The Hall–Kier alpha value is -2.27. The average Bonchev–Trinajstić information content (AvgIpc) is 3.17. The Morgan fingerprint density at radius 1 is 1.24 bits per heavy atom. The summed E-state index contributed by atoms with van der Waals surface area (Å²) in [6.45, 7) is 0. The summed E-state index contributed by atoms with van der Waals surface area (Å²) in [6.07, 6.45) is 3.97. The molecule has 21 heavy (non-hydrogen) atoms. The molecule has 1 amide bonds. The number of hydrogen-bond donors (Lipinski definition) is 2. The zero-order valence-corrected chi connectivity index (χ0v) is 11.8. The van der Waals surface area contributed by atoms with E-state index >= 15 is 0 Å². The minimum Gasteiger partial charge on any atom is -0.478 e. The van der Waals surface area contributed by atoms with Crippen LogP contribution in [0.4, 0.5) is 5.69 Å². The van der Waals surface area contributed by atoms with Gasteiger partial charge < -0.3 is 15.0 Å². The van der Waals surface area contributed by atoms with E-state index in [1.54, 1.807) is 18.2 Å². The van der Waals surface area contributed by atoms with E-state index in [4.69, 9.17) is 11.6 Å². The molecule has 1 aromatic carbocycles. The summed E-state index contributed by atoms with van der Waals surface area (Å²) in [6, 6.07) is 8.37. The standard InChI is InChI=1S/C15H13ClN2O3/c16-11-4-1-3-10(15(20)21)13(11)17-14(19)12-5-2-8-18(12)9-6-7-9/h1-5,8-9H,6-7H2,(H,17,19)(H,20,21). The molecule has 0 unspecified atom stereocenters. The number of carbonyl (C=O) groups excluding carboxylic acids is 1. The molecule has 0 bridgehead atoms.